The van der Waals surface area contributed by atoms with E-state index in [-0.39, 0.29) is 28.4 Å². The van der Waals surface area contributed by atoms with E-state index >= 15 is 0 Å². The molecule has 202 valence electrons. The van der Waals surface area contributed by atoms with Crippen LogP contribution in [-0.4, -0.2) is 54.7 Å². The molecule has 0 radical (unpaired) electrons. The molecule has 0 unspecified atom stereocenters. The van der Waals surface area contributed by atoms with Crippen molar-refractivity contribution < 1.29 is 24.5 Å². The standard InChI is InChI=1S/C29H41N3O5/c1-18(2)37-25-16-20(32-9-11-36-12-10-32)15-24(33)21(25)17-30-31-27(35)19-13-22(28(3,4)5)26(34)23(14-19)29(6,7)8/h13-18,33-34H,9-12H2,1-8H3,(H,31,35). The molecule has 3 rings (SSSR count). The second-order valence-corrected chi connectivity index (χ2v) is 11.8. The lowest BCUT2D eigenvalue weighted by Crippen LogP contribution is -2.36. The topological polar surface area (TPSA) is 104 Å². The van der Waals surface area contributed by atoms with Crippen LogP contribution in [0.15, 0.2) is 29.4 Å². The Morgan fingerprint density at radius 2 is 1.59 bits per heavy atom. The normalized spacial score (nSPS) is 14.9. The summed E-state index contributed by atoms with van der Waals surface area (Å²) in [5.74, 6) is 0.278. The van der Waals surface area contributed by atoms with E-state index in [9.17, 15) is 15.0 Å². The molecular formula is C29H41N3O5. The maximum Gasteiger partial charge on any atom is 0.271 e. The molecule has 8 heteroatoms. The number of ether oxygens (including phenoxy) is 2. The number of carbonyl (C=O) groups excluding carboxylic acids is 1. The monoisotopic (exact) mass is 511 g/mol. The van der Waals surface area contributed by atoms with E-state index in [4.69, 9.17) is 9.47 Å². The predicted octanol–water partition coefficient (Wildman–Crippen LogP) is 5.08. The Bertz CT molecular complexity index is 1120. The fourth-order valence-electron chi connectivity index (χ4n) is 4.21. The molecule has 2 aromatic rings. The number of benzene rings is 2. The molecule has 1 fully saturated rings. The van der Waals surface area contributed by atoms with E-state index in [0.717, 1.165) is 18.8 Å². The number of hydrogen-bond donors (Lipinski definition) is 3. The molecule has 0 saturated carbocycles. The smallest absolute Gasteiger partial charge is 0.271 e. The zero-order valence-electron chi connectivity index (χ0n) is 23.3. The minimum atomic E-state index is -0.414. The van der Waals surface area contributed by atoms with E-state index in [1.54, 1.807) is 18.2 Å². The molecule has 1 saturated heterocycles. The van der Waals surface area contributed by atoms with Crippen LogP contribution in [0, 0.1) is 0 Å². The Labute approximate surface area is 220 Å². The van der Waals surface area contributed by atoms with Gasteiger partial charge in [-0.2, -0.15) is 5.10 Å². The zero-order chi connectivity index (χ0) is 27.5. The minimum Gasteiger partial charge on any atom is -0.507 e. The van der Waals surface area contributed by atoms with Gasteiger partial charge in [0.05, 0.1) is 31.1 Å². The van der Waals surface area contributed by atoms with Crippen LogP contribution in [0.1, 0.15) is 82.4 Å². The number of hydrazone groups is 1. The van der Waals surface area contributed by atoms with Crippen molar-refractivity contribution in [1.82, 2.24) is 5.43 Å². The Morgan fingerprint density at radius 3 is 2.11 bits per heavy atom. The van der Waals surface area contributed by atoms with E-state index < -0.39 is 5.91 Å². The third-order valence-corrected chi connectivity index (χ3v) is 6.19. The quantitative estimate of drug-likeness (QED) is 0.369. The molecule has 0 aromatic heterocycles. The van der Waals surface area contributed by atoms with Gasteiger partial charge in [0.25, 0.3) is 5.91 Å². The van der Waals surface area contributed by atoms with Crippen LogP contribution in [0.3, 0.4) is 0 Å². The van der Waals surface area contributed by atoms with Crippen LogP contribution in [0.5, 0.6) is 17.2 Å². The van der Waals surface area contributed by atoms with Crippen LogP contribution < -0.4 is 15.1 Å². The number of phenolic OH excluding ortho intramolecular Hbond substituents is 2. The summed E-state index contributed by atoms with van der Waals surface area (Å²) in [6.07, 6.45) is 1.27. The number of hydrogen-bond acceptors (Lipinski definition) is 7. The fraction of sp³-hybridized carbons (Fsp3) is 0.517. The number of rotatable bonds is 6. The van der Waals surface area contributed by atoms with Gasteiger partial charge in [-0.25, -0.2) is 5.43 Å². The van der Waals surface area contributed by atoms with E-state index in [0.29, 0.717) is 41.2 Å². The van der Waals surface area contributed by atoms with Gasteiger partial charge in [0.15, 0.2) is 0 Å². The molecule has 0 aliphatic carbocycles. The number of nitrogens with one attached hydrogen (secondary N) is 1. The summed E-state index contributed by atoms with van der Waals surface area (Å²) >= 11 is 0. The second kappa shape index (κ2) is 11.0. The molecule has 1 heterocycles. The van der Waals surface area contributed by atoms with Crippen LogP contribution in [0.25, 0.3) is 0 Å². The zero-order valence-corrected chi connectivity index (χ0v) is 23.3. The maximum absolute atomic E-state index is 13.1. The van der Waals surface area contributed by atoms with Gasteiger partial charge >= 0.3 is 0 Å². The van der Waals surface area contributed by atoms with Crippen molar-refractivity contribution in [3.63, 3.8) is 0 Å². The summed E-state index contributed by atoms with van der Waals surface area (Å²) in [5.41, 5.74) is 4.84. The molecule has 8 nitrogen and oxygen atoms in total. The third-order valence-electron chi connectivity index (χ3n) is 6.19. The first-order valence-electron chi connectivity index (χ1n) is 12.8. The number of morpholine rings is 1. The van der Waals surface area contributed by atoms with Crippen molar-refractivity contribution in [3.05, 3.63) is 46.5 Å². The summed E-state index contributed by atoms with van der Waals surface area (Å²) < 4.78 is 11.4. The van der Waals surface area contributed by atoms with Gasteiger partial charge in [0, 0.05) is 47.6 Å². The van der Waals surface area contributed by atoms with Crippen molar-refractivity contribution in [1.29, 1.82) is 0 Å². The maximum atomic E-state index is 13.1. The lowest BCUT2D eigenvalue weighted by molar-refractivity contribution is 0.0954. The Hall–Kier alpha value is -3.26. The molecule has 1 aliphatic heterocycles. The Morgan fingerprint density at radius 1 is 1.03 bits per heavy atom. The van der Waals surface area contributed by atoms with Crippen LogP contribution in [0.2, 0.25) is 0 Å². The van der Waals surface area contributed by atoms with Gasteiger partial charge in [0.2, 0.25) is 0 Å². The molecule has 2 aromatic carbocycles. The molecule has 0 spiro atoms. The summed E-state index contributed by atoms with van der Waals surface area (Å²) in [4.78, 5) is 15.2. The number of anilines is 1. The summed E-state index contributed by atoms with van der Waals surface area (Å²) in [7, 11) is 0. The molecule has 37 heavy (non-hydrogen) atoms. The number of aromatic hydroxyl groups is 2. The van der Waals surface area contributed by atoms with E-state index in [1.165, 1.54) is 6.21 Å². The van der Waals surface area contributed by atoms with Gasteiger partial charge in [0.1, 0.15) is 17.2 Å². The van der Waals surface area contributed by atoms with Crippen LogP contribution >= 0.6 is 0 Å². The highest BCUT2D eigenvalue weighted by atomic mass is 16.5. The number of carbonyl (C=O) groups is 1. The van der Waals surface area contributed by atoms with Gasteiger partial charge in [-0.05, 0) is 36.8 Å². The summed E-state index contributed by atoms with van der Waals surface area (Å²) in [6.45, 7) is 18.5. The average molecular weight is 512 g/mol. The van der Waals surface area contributed by atoms with Crippen molar-refractivity contribution >= 4 is 17.8 Å². The van der Waals surface area contributed by atoms with Crippen molar-refractivity contribution in [2.24, 2.45) is 5.10 Å². The predicted molar refractivity (Wildman–Crippen MR) is 147 cm³/mol. The molecule has 0 bridgehead atoms. The Kier molecular flexibility index (Phi) is 8.42. The van der Waals surface area contributed by atoms with Gasteiger partial charge in [-0.3, -0.25) is 4.79 Å². The second-order valence-electron chi connectivity index (χ2n) is 11.8. The van der Waals surface area contributed by atoms with E-state index in [1.807, 2.05) is 61.5 Å². The van der Waals surface area contributed by atoms with Gasteiger partial charge in [-0.1, -0.05) is 41.5 Å². The first-order valence-corrected chi connectivity index (χ1v) is 12.8. The largest absolute Gasteiger partial charge is 0.507 e. The molecule has 0 atom stereocenters. The highest BCUT2D eigenvalue weighted by Crippen LogP contribution is 2.40. The van der Waals surface area contributed by atoms with Crippen molar-refractivity contribution in [2.45, 2.75) is 72.3 Å². The first-order chi connectivity index (χ1) is 17.2. The Balaban J connectivity index is 1.91. The lowest BCUT2D eigenvalue weighted by atomic mass is 9.78. The third kappa shape index (κ3) is 6.95. The number of nitrogens with zero attached hydrogens (tertiary/aromatic N) is 2. The van der Waals surface area contributed by atoms with E-state index in [2.05, 4.69) is 15.4 Å². The van der Waals surface area contributed by atoms with Crippen molar-refractivity contribution in [2.75, 3.05) is 31.2 Å². The average Bonchev–Trinajstić information content (AvgIpc) is 2.79. The highest BCUT2D eigenvalue weighted by Gasteiger charge is 2.28. The molecule has 1 aliphatic rings. The van der Waals surface area contributed by atoms with Crippen LogP contribution in [0.4, 0.5) is 5.69 Å². The minimum absolute atomic E-state index is 0.00677. The van der Waals surface area contributed by atoms with Crippen molar-refractivity contribution in [3.8, 4) is 17.2 Å². The van der Waals surface area contributed by atoms with Gasteiger partial charge < -0.3 is 24.6 Å². The summed E-state index contributed by atoms with van der Waals surface area (Å²) in [5, 5.41) is 25.9. The molecular weight excluding hydrogens is 470 g/mol. The molecule has 1 amide bonds. The highest BCUT2D eigenvalue weighted by molar-refractivity contribution is 5.96. The lowest BCUT2D eigenvalue weighted by Gasteiger charge is -2.29. The van der Waals surface area contributed by atoms with Gasteiger partial charge in [-0.15, -0.1) is 0 Å². The molecule has 3 N–H and O–H groups in total. The first kappa shape index (κ1) is 28.3. The summed E-state index contributed by atoms with van der Waals surface area (Å²) in [6, 6.07) is 6.96. The number of phenols is 2. The SMILES string of the molecule is CC(C)Oc1cc(N2CCOCC2)cc(O)c1C=NNC(=O)c1cc(C(C)(C)C)c(O)c(C(C)(C)C)c1. The number of amides is 1. The van der Waals surface area contributed by atoms with Crippen LogP contribution in [-0.2, 0) is 15.6 Å². The fourth-order valence-corrected chi connectivity index (χ4v) is 4.21.